The van der Waals surface area contributed by atoms with Gasteiger partial charge in [-0.2, -0.15) is 0 Å². The number of hydrogen-bond acceptors (Lipinski definition) is 2. The van der Waals surface area contributed by atoms with E-state index in [9.17, 15) is 0 Å². The van der Waals surface area contributed by atoms with Crippen LogP contribution in [-0.2, 0) is 0 Å². The highest BCUT2D eigenvalue weighted by atomic mass is 32.1. The number of benzene rings is 1. The summed E-state index contributed by atoms with van der Waals surface area (Å²) in [4.78, 5) is 1.46. The lowest BCUT2D eigenvalue weighted by atomic mass is 9.99. The number of thiophene rings is 1. The van der Waals surface area contributed by atoms with E-state index >= 15 is 0 Å². The van der Waals surface area contributed by atoms with Crippen LogP contribution in [0.4, 0.5) is 0 Å². The van der Waals surface area contributed by atoms with Crippen molar-refractivity contribution in [1.82, 2.24) is 0 Å². The van der Waals surface area contributed by atoms with E-state index in [-0.39, 0.29) is 0 Å². The molecule has 1 nitrogen and oxygen atoms in total. The van der Waals surface area contributed by atoms with E-state index in [0.717, 1.165) is 5.75 Å². The Bertz CT molecular complexity index is 653. The molecular weight excluding hydrogens is 300 g/mol. The van der Waals surface area contributed by atoms with E-state index in [2.05, 4.69) is 30.3 Å². The summed E-state index contributed by atoms with van der Waals surface area (Å²) in [6.45, 7) is 0. The topological polar surface area (TPSA) is 9.23 Å². The summed E-state index contributed by atoms with van der Waals surface area (Å²) in [5.74, 6) is 0.957. The maximum absolute atomic E-state index is 5.36. The number of hydrogen-bond donors (Lipinski definition) is 0. The van der Waals surface area contributed by atoms with Gasteiger partial charge in [-0.3, -0.25) is 0 Å². The molecule has 0 saturated heterocycles. The second-order valence-corrected chi connectivity index (χ2v) is 7.69. The number of allylic oxidation sites excluding steroid dienone is 2. The molecule has 0 amide bonds. The Morgan fingerprint density at radius 2 is 1.61 bits per heavy atom. The van der Waals surface area contributed by atoms with Crippen LogP contribution >= 0.6 is 11.3 Å². The normalized spacial score (nSPS) is 18.0. The fourth-order valence-electron chi connectivity index (χ4n) is 3.42. The first-order valence-corrected chi connectivity index (χ1v) is 9.95. The van der Waals surface area contributed by atoms with Gasteiger partial charge in [0.05, 0.1) is 7.11 Å². The summed E-state index contributed by atoms with van der Waals surface area (Å²) in [5, 5.41) is 1.35. The second-order valence-electron chi connectivity index (χ2n) is 6.61. The molecule has 2 heteroatoms. The van der Waals surface area contributed by atoms with Crippen molar-refractivity contribution in [3.05, 3.63) is 35.2 Å². The molecule has 0 radical (unpaired) electrons. The molecule has 2 aromatic rings. The Labute approximate surface area is 144 Å². The van der Waals surface area contributed by atoms with Gasteiger partial charge in [-0.05, 0) is 60.9 Å². The number of methoxy groups -OCH3 is 1. The van der Waals surface area contributed by atoms with Crippen molar-refractivity contribution in [3.8, 4) is 5.75 Å². The smallest absolute Gasteiger partial charge is 0.120 e. The highest BCUT2D eigenvalue weighted by Crippen LogP contribution is 2.35. The number of rotatable bonds is 2. The highest BCUT2D eigenvalue weighted by Gasteiger charge is 2.08. The van der Waals surface area contributed by atoms with Crippen LogP contribution in [0.5, 0.6) is 5.75 Å². The zero-order valence-electron chi connectivity index (χ0n) is 14.3. The summed E-state index contributed by atoms with van der Waals surface area (Å²) in [6, 6.07) is 8.79. The molecule has 0 N–H and O–H groups in total. The summed E-state index contributed by atoms with van der Waals surface area (Å²) in [6.07, 6.45) is 16.2. The van der Waals surface area contributed by atoms with Crippen LogP contribution in [0.3, 0.4) is 0 Å². The van der Waals surface area contributed by atoms with Gasteiger partial charge in [0.15, 0.2) is 0 Å². The fraction of sp³-hybridized carbons (Fsp3) is 0.524. The van der Waals surface area contributed by atoms with Crippen molar-refractivity contribution in [2.24, 2.45) is 0 Å². The van der Waals surface area contributed by atoms with Crippen molar-refractivity contribution >= 4 is 27.0 Å². The molecule has 0 saturated carbocycles. The van der Waals surface area contributed by atoms with Gasteiger partial charge in [0.1, 0.15) is 5.75 Å². The van der Waals surface area contributed by atoms with E-state index in [1.807, 2.05) is 11.3 Å². The Hall–Kier alpha value is -1.28. The van der Waals surface area contributed by atoms with Crippen molar-refractivity contribution in [2.45, 2.75) is 64.2 Å². The van der Waals surface area contributed by atoms with Crippen LogP contribution in [-0.4, -0.2) is 7.11 Å². The maximum atomic E-state index is 5.36. The lowest BCUT2D eigenvalue weighted by Gasteiger charge is -2.08. The Morgan fingerprint density at radius 3 is 2.39 bits per heavy atom. The van der Waals surface area contributed by atoms with Crippen molar-refractivity contribution in [3.63, 3.8) is 0 Å². The molecule has 124 valence electrons. The standard InChI is InChI=1S/C21H28OS/c1-22-19-14-13-18-15-20(23-21(18)16-19)17-11-9-7-5-3-2-4-6-8-10-12-17/h11,13-16H,2-10,12H2,1H3. The Kier molecular flexibility index (Phi) is 6.15. The van der Waals surface area contributed by atoms with E-state index < -0.39 is 0 Å². The predicted molar refractivity (Wildman–Crippen MR) is 103 cm³/mol. The van der Waals surface area contributed by atoms with Crippen LogP contribution in [0.2, 0.25) is 0 Å². The summed E-state index contributed by atoms with van der Waals surface area (Å²) in [5.41, 5.74) is 1.57. The first kappa shape index (κ1) is 16.6. The zero-order valence-corrected chi connectivity index (χ0v) is 15.1. The summed E-state index contributed by atoms with van der Waals surface area (Å²) in [7, 11) is 1.74. The Morgan fingerprint density at radius 1 is 0.870 bits per heavy atom. The van der Waals surface area contributed by atoms with Gasteiger partial charge in [-0.15, -0.1) is 11.3 Å². The van der Waals surface area contributed by atoms with E-state index in [0.29, 0.717) is 0 Å². The average molecular weight is 329 g/mol. The third kappa shape index (κ3) is 4.60. The third-order valence-corrected chi connectivity index (χ3v) is 6.01. The average Bonchev–Trinajstić information content (AvgIpc) is 2.98. The minimum absolute atomic E-state index is 0.957. The number of ether oxygens (including phenoxy) is 1. The molecule has 1 aromatic carbocycles. The first-order chi connectivity index (χ1) is 11.4. The van der Waals surface area contributed by atoms with Crippen LogP contribution in [0.15, 0.2) is 30.3 Å². The molecular formula is C21H28OS. The summed E-state index contributed by atoms with van der Waals surface area (Å²) >= 11 is 1.92. The van der Waals surface area contributed by atoms with E-state index in [4.69, 9.17) is 4.74 Å². The molecule has 0 aliphatic heterocycles. The minimum atomic E-state index is 0.957. The molecule has 23 heavy (non-hydrogen) atoms. The molecule has 0 bridgehead atoms. The van der Waals surface area contributed by atoms with Crippen molar-refractivity contribution in [1.29, 1.82) is 0 Å². The van der Waals surface area contributed by atoms with Gasteiger partial charge in [-0.25, -0.2) is 0 Å². The zero-order chi connectivity index (χ0) is 15.9. The number of fused-ring (bicyclic) bond motifs is 1. The van der Waals surface area contributed by atoms with Gasteiger partial charge in [-0.1, -0.05) is 44.6 Å². The van der Waals surface area contributed by atoms with Gasteiger partial charge in [0.25, 0.3) is 0 Å². The SMILES string of the molecule is COc1ccc2cc(C3=CCCCCCCCCCC3)sc2c1. The highest BCUT2D eigenvalue weighted by molar-refractivity contribution is 7.20. The molecule has 0 spiro atoms. The van der Waals surface area contributed by atoms with Crippen LogP contribution in [0.25, 0.3) is 15.7 Å². The lowest BCUT2D eigenvalue weighted by Crippen LogP contribution is -1.87. The first-order valence-electron chi connectivity index (χ1n) is 9.14. The van der Waals surface area contributed by atoms with Crippen molar-refractivity contribution in [2.75, 3.05) is 7.11 Å². The fourth-order valence-corrected chi connectivity index (χ4v) is 4.58. The molecule has 1 aliphatic rings. The van der Waals surface area contributed by atoms with Gasteiger partial charge >= 0.3 is 0 Å². The largest absolute Gasteiger partial charge is 0.497 e. The summed E-state index contributed by atoms with van der Waals surface area (Å²) < 4.78 is 6.70. The van der Waals surface area contributed by atoms with E-state index in [1.165, 1.54) is 79.2 Å². The maximum Gasteiger partial charge on any atom is 0.120 e. The van der Waals surface area contributed by atoms with Gasteiger partial charge in [0, 0.05) is 9.58 Å². The molecule has 0 fully saturated rings. The predicted octanol–water partition coefficient (Wildman–Crippen LogP) is 7.21. The van der Waals surface area contributed by atoms with E-state index in [1.54, 1.807) is 12.7 Å². The molecule has 0 atom stereocenters. The van der Waals surface area contributed by atoms with Crippen LogP contribution in [0, 0.1) is 0 Å². The quantitative estimate of drug-likeness (QED) is 0.566. The second kappa shape index (κ2) is 8.54. The van der Waals surface area contributed by atoms with Gasteiger partial charge < -0.3 is 4.74 Å². The lowest BCUT2D eigenvalue weighted by molar-refractivity contribution is 0.415. The van der Waals surface area contributed by atoms with Crippen LogP contribution < -0.4 is 4.74 Å². The Balaban J connectivity index is 1.80. The molecule has 1 aromatic heterocycles. The monoisotopic (exact) mass is 328 g/mol. The third-order valence-electron chi connectivity index (χ3n) is 4.83. The molecule has 0 unspecified atom stereocenters. The minimum Gasteiger partial charge on any atom is -0.497 e. The van der Waals surface area contributed by atoms with Crippen LogP contribution in [0.1, 0.15) is 69.1 Å². The van der Waals surface area contributed by atoms with Crippen molar-refractivity contribution < 1.29 is 4.74 Å². The molecule has 1 aliphatic carbocycles. The van der Waals surface area contributed by atoms with Gasteiger partial charge in [0.2, 0.25) is 0 Å². The molecule has 1 heterocycles. The molecule has 3 rings (SSSR count).